The van der Waals surface area contributed by atoms with E-state index in [1.165, 1.54) is 17.7 Å². The molecule has 1 N–H and O–H groups in total. The second-order valence-corrected chi connectivity index (χ2v) is 5.91. The molecule has 0 unspecified atom stereocenters. The van der Waals surface area contributed by atoms with Gasteiger partial charge in [0, 0.05) is 6.54 Å². The van der Waals surface area contributed by atoms with Crippen LogP contribution in [0.1, 0.15) is 46.5 Å². The first-order valence-corrected chi connectivity index (χ1v) is 6.47. The van der Waals surface area contributed by atoms with E-state index in [4.69, 9.17) is 9.84 Å². The van der Waals surface area contributed by atoms with Gasteiger partial charge in [-0.2, -0.15) is 0 Å². The first-order chi connectivity index (χ1) is 8.28. The molecule has 0 aromatic heterocycles. The van der Waals surface area contributed by atoms with Crippen LogP contribution in [0.2, 0.25) is 0 Å². The van der Waals surface area contributed by atoms with Gasteiger partial charge in [-0.15, -0.1) is 0 Å². The van der Waals surface area contributed by atoms with Crippen LogP contribution in [0.3, 0.4) is 0 Å². The summed E-state index contributed by atoms with van der Waals surface area (Å²) >= 11 is 0. The molecule has 0 spiro atoms. The van der Waals surface area contributed by atoms with Crippen molar-refractivity contribution in [3.05, 3.63) is 0 Å². The molecule has 0 radical (unpaired) electrons. The highest BCUT2D eigenvalue weighted by atomic mass is 16.6. The zero-order valence-corrected chi connectivity index (χ0v) is 11.4. The number of amides is 1. The Morgan fingerprint density at radius 3 is 2.28 bits per heavy atom. The molecule has 1 aliphatic rings. The van der Waals surface area contributed by atoms with Crippen LogP contribution in [-0.4, -0.2) is 40.8 Å². The lowest BCUT2D eigenvalue weighted by atomic mass is 10.1. The van der Waals surface area contributed by atoms with Gasteiger partial charge in [0.1, 0.15) is 12.1 Å². The molecule has 0 heterocycles. The van der Waals surface area contributed by atoms with Gasteiger partial charge in [0.2, 0.25) is 0 Å². The van der Waals surface area contributed by atoms with Crippen molar-refractivity contribution in [1.29, 1.82) is 0 Å². The molecule has 0 saturated heterocycles. The van der Waals surface area contributed by atoms with Gasteiger partial charge in [0.15, 0.2) is 0 Å². The number of ether oxygens (including phenoxy) is 1. The Hall–Kier alpha value is -1.26. The van der Waals surface area contributed by atoms with Crippen molar-refractivity contribution in [2.45, 2.75) is 52.1 Å². The van der Waals surface area contributed by atoms with E-state index in [9.17, 15) is 9.59 Å². The van der Waals surface area contributed by atoms with E-state index in [0.717, 1.165) is 12.8 Å². The van der Waals surface area contributed by atoms with E-state index < -0.39 is 17.7 Å². The quantitative estimate of drug-likeness (QED) is 0.840. The minimum absolute atomic E-state index is 0.286. The fraction of sp³-hybridized carbons (Fsp3) is 0.846. The molecule has 5 heteroatoms. The lowest BCUT2D eigenvalue weighted by Crippen LogP contribution is -2.42. The van der Waals surface area contributed by atoms with Gasteiger partial charge in [0.05, 0.1) is 0 Å². The highest BCUT2D eigenvalue weighted by Gasteiger charge is 2.27. The van der Waals surface area contributed by atoms with Crippen LogP contribution in [0.5, 0.6) is 0 Å². The summed E-state index contributed by atoms with van der Waals surface area (Å²) in [6.45, 7) is 5.53. The lowest BCUT2D eigenvalue weighted by Gasteiger charge is -2.28. The lowest BCUT2D eigenvalue weighted by molar-refractivity contribution is -0.138. The summed E-state index contributed by atoms with van der Waals surface area (Å²) in [5.74, 6) is -0.587. The van der Waals surface area contributed by atoms with Crippen LogP contribution >= 0.6 is 0 Å². The molecule has 0 atom stereocenters. The zero-order valence-electron chi connectivity index (χ0n) is 11.4. The second-order valence-electron chi connectivity index (χ2n) is 5.91. The van der Waals surface area contributed by atoms with Gasteiger partial charge in [-0.25, -0.2) is 4.79 Å². The number of hydrogen-bond acceptors (Lipinski definition) is 3. The van der Waals surface area contributed by atoms with Gasteiger partial charge in [-0.1, -0.05) is 12.8 Å². The summed E-state index contributed by atoms with van der Waals surface area (Å²) < 4.78 is 5.23. The maximum atomic E-state index is 11.9. The molecule has 0 aromatic carbocycles. The van der Waals surface area contributed by atoms with E-state index in [-0.39, 0.29) is 6.54 Å². The number of carbonyl (C=O) groups excluding carboxylic acids is 1. The maximum absolute atomic E-state index is 11.9. The maximum Gasteiger partial charge on any atom is 0.410 e. The van der Waals surface area contributed by atoms with E-state index in [0.29, 0.717) is 12.5 Å². The third-order valence-corrected chi connectivity index (χ3v) is 2.93. The summed E-state index contributed by atoms with van der Waals surface area (Å²) in [6, 6.07) is 0. The molecule has 0 aliphatic heterocycles. The number of rotatable bonds is 4. The number of hydrogen-bond donors (Lipinski definition) is 1. The minimum atomic E-state index is -1.00. The average Bonchev–Trinajstić information content (AvgIpc) is 2.65. The van der Waals surface area contributed by atoms with Crippen molar-refractivity contribution in [3.63, 3.8) is 0 Å². The number of carbonyl (C=O) groups is 2. The molecule has 18 heavy (non-hydrogen) atoms. The second kappa shape index (κ2) is 6.07. The molecule has 0 aromatic rings. The Morgan fingerprint density at radius 1 is 1.28 bits per heavy atom. The molecule has 5 nitrogen and oxygen atoms in total. The third kappa shape index (κ3) is 5.38. The van der Waals surface area contributed by atoms with Gasteiger partial charge < -0.3 is 9.84 Å². The number of nitrogens with zero attached hydrogens (tertiary/aromatic N) is 1. The normalized spacial score (nSPS) is 16.6. The van der Waals surface area contributed by atoms with E-state index in [2.05, 4.69) is 0 Å². The van der Waals surface area contributed by atoms with Crippen molar-refractivity contribution in [3.8, 4) is 0 Å². The van der Waals surface area contributed by atoms with Crippen LogP contribution < -0.4 is 0 Å². The largest absolute Gasteiger partial charge is 0.480 e. The number of aliphatic carboxylic acids is 1. The van der Waals surface area contributed by atoms with Crippen molar-refractivity contribution in [1.82, 2.24) is 4.90 Å². The molecule has 1 saturated carbocycles. The number of carboxylic acid groups (broad SMARTS) is 1. The minimum Gasteiger partial charge on any atom is -0.480 e. The summed E-state index contributed by atoms with van der Waals surface area (Å²) in [5, 5.41) is 8.86. The molecular formula is C13H23NO4. The van der Waals surface area contributed by atoms with Gasteiger partial charge in [0.25, 0.3) is 0 Å². The van der Waals surface area contributed by atoms with Crippen molar-refractivity contribution in [2.24, 2.45) is 5.92 Å². The molecule has 0 bridgehead atoms. The van der Waals surface area contributed by atoms with Crippen LogP contribution in [0, 0.1) is 5.92 Å². The summed E-state index contributed by atoms with van der Waals surface area (Å²) in [7, 11) is 0. The van der Waals surface area contributed by atoms with Crippen LogP contribution in [0.4, 0.5) is 4.79 Å². The predicted octanol–water partition coefficient (Wildman–Crippen LogP) is 2.50. The molecule has 1 fully saturated rings. The zero-order chi connectivity index (χ0) is 13.8. The smallest absolute Gasteiger partial charge is 0.410 e. The average molecular weight is 257 g/mol. The summed E-state index contributed by atoms with van der Waals surface area (Å²) in [6.07, 6.45) is 3.94. The Morgan fingerprint density at radius 2 is 1.83 bits per heavy atom. The molecular weight excluding hydrogens is 234 g/mol. The summed E-state index contributed by atoms with van der Waals surface area (Å²) in [5.41, 5.74) is -0.594. The molecule has 1 aliphatic carbocycles. The van der Waals surface area contributed by atoms with Crippen LogP contribution in [0.25, 0.3) is 0 Å². The fourth-order valence-corrected chi connectivity index (χ4v) is 2.20. The van der Waals surface area contributed by atoms with Crippen molar-refractivity contribution < 1.29 is 19.4 Å². The third-order valence-electron chi connectivity index (χ3n) is 2.93. The standard InChI is InChI=1S/C13H23NO4/c1-13(2,3)18-12(17)14(9-11(15)16)8-10-6-4-5-7-10/h10H,4-9H2,1-3H3,(H,15,16). The van der Waals surface area contributed by atoms with Crippen LogP contribution in [0.15, 0.2) is 0 Å². The Balaban J connectivity index is 2.58. The predicted molar refractivity (Wildman–Crippen MR) is 67.4 cm³/mol. The Bertz CT molecular complexity index is 303. The van der Waals surface area contributed by atoms with Gasteiger partial charge >= 0.3 is 12.1 Å². The van der Waals surface area contributed by atoms with Gasteiger partial charge in [-0.05, 0) is 39.5 Å². The first kappa shape index (κ1) is 14.8. The molecule has 1 rings (SSSR count). The van der Waals surface area contributed by atoms with E-state index in [1.54, 1.807) is 20.8 Å². The number of carboxylic acids is 1. The Labute approximate surface area is 108 Å². The van der Waals surface area contributed by atoms with Crippen molar-refractivity contribution >= 4 is 12.1 Å². The SMILES string of the molecule is CC(C)(C)OC(=O)N(CC(=O)O)CC1CCCC1. The highest BCUT2D eigenvalue weighted by Crippen LogP contribution is 2.26. The van der Waals surface area contributed by atoms with Crippen LogP contribution in [-0.2, 0) is 9.53 Å². The monoisotopic (exact) mass is 257 g/mol. The van der Waals surface area contributed by atoms with Gasteiger partial charge in [-0.3, -0.25) is 9.69 Å². The molecule has 104 valence electrons. The van der Waals surface area contributed by atoms with Crippen molar-refractivity contribution in [2.75, 3.05) is 13.1 Å². The van der Waals surface area contributed by atoms with E-state index in [1.807, 2.05) is 0 Å². The fourth-order valence-electron chi connectivity index (χ4n) is 2.20. The highest BCUT2D eigenvalue weighted by molar-refractivity contribution is 5.76. The first-order valence-electron chi connectivity index (χ1n) is 6.47. The Kier molecular flexibility index (Phi) is 4.99. The molecule has 1 amide bonds. The van der Waals surface area contributed by atoms with E-state index >= 15 is 0 Å². The summed E-state index contributed by atoms with van der Waals surface area (Å²) in [4.78, 5) is 24.0. The topological polar surface area (TPSA) is 66.8 Å².